The first kappa shape index (κ1) is 15.4. The topological polar surface area (TPSA) is 52.7 Å². The van der Waals surface area contributed by atoms with Gasteiger partial charge in [-0.1, -0.05) is 6.07 Å². The molecule has 2 rings (SSSR count). The van der Waals surface area contributed by atoms with Crippen molar-refractivity contribution in [3.63, 3.8) is 0 Å². The molecule has 0 atom stereocenters. The molecule has 0 spiro atoms. The van der Waals surface area contributed by atoms with Crippen LogP contribution in [0.25, 0.3) is 0 Å². The molecule has 0 bridgehead atoms. The molecule has 1 aromatic carbocycles. The van der Waals surface area contributed by atoms with Crippen molar-refractivity contribution < 1.29 is 14.0 Å². The summed E-state index contributed by atoms with van der Waals surface area (Å²) in [5.41, 5.74) is 0.750. The van der Waals surface area contributed by atoms with E-state index >= 15 is 0 Å². The molecule has 0 unspecified atom stereocenters. The Balaban J connectivity index is 1.98. The Hall–Kier alpha value is -1.95. The van der Waals surface area contributed by atoms with Gasteiger partial charge in [-0.15, -0.1) is 0 Å². The van der Waals surface area contributed by atoms with Gasteiger partial charge in [-0.05, 0) is 24.6 Å². The Kier molecular flexibility index (Phi) is 4.90. The number of likely N-dealkylation sites (N-methyl/N-ethyl adjacent to an activating group) is 1. The van der Waals surface area contributed by atoms with Crippen LogP contribution in [0.4, 0.5) is 4.39 Å². The molecule has 5 nitrogen and oxygen atoms in total. The zero-order chi connectivity index (χ0) is 15.4. The molecule has 1 heterocycles. The number of hydrogen-bond donors (Lipinski definition) is 1. The van der Waals surface area contributed by atoms with Gasteiger partial charge in [0.25, 0.3) is 5.91 Å². The van der Waals surface area contributed by atoms with Crippen molar-refractivity contribution >= 4 is 11.8 Å². The van der Waals surface area contributed by atoms with Gasteiger partial charge in [0.05, 0.1) is 6.54 Å². The Morgan fingerprint density at radius 3 is 2.62 bits per heavy atom. The normalized spacial score (nSPS) is 14.9. The molecule has 1 N–H and O–H groups in total. The maximum Gasteiger partial charge on any atom is 0.254 e. The van der Waals surface area contributed by atoms with Crippen LogP contribution in [-0.4, -0.2) is 61.4 Å². The molecule has 114 valence electrons. The van der Waals surface area contributed by atoms with Crippen LogP contribution < -0.4 is 5.32 Å². The van der Waals surface area contributed by atoms with E-state index in [1.807, 2.05) is 0 Å². The van der Waals surface area contributed by atoms with Crippen LogP contribution in [-0.2, 0) is 4.79 Å². The second kappa shape index (κ2) is 6.67. The van der Waals surface area contributed by atoms with Gasteiger partial charge in [0.15, 0.2) is 0 Å². The van der Waals surface area contributed by atoms with Crippen molar-refractivity contribution in [1.82, 2.24) is 15.1 Å². The summed E-state index contributed by atoms with van der Waals surface area (Å²) in [6.07, 6.45) is 0. The van der Waals surface area contributed by atoms with Crippen LogP contribution >= 0.6 is 0 Å². The first-order valence-corrected chi connectivity index (χ1v) is 6.99. The van der Waals surface area contributed by atoms with Crippen LogP contribution in [0.2, 0.25) is 0 Å². The van der Waals surface area contributed by atoms with Crippen molar-refractivity contribution in [3.8, 4) is 0 Å². The van der Waals surface area contributed by atoms with Crippen molar-refractivity contribution in [3.05, 3.63) is 35.1 Å². The number of rotatable bonds is 3. The Labute approximate surface area is 123 Å². The van der Waals surface area contributed by atoms with Crippen LogP contribution in [0.5, 0.6) is 0 Å². The maximum atomic E-state index is 13.5. The van der Waals surface area contributed by atoms with Gasteiger partial charge >= 0.3 is 0 Å². The Bertz CT molecular complexity index is 542. The Morgan fingerprint density at radius 2 is 2.00 bits per heavy atom. The minimum atomic E-state index is -0.414. The number of halogens is 1. The van der Waals surface area contributed by atoms with Gasteiger partial charge < -0.3 is 15.1 Å². The van der Waals surface area contributed by atoms with E-state index in [9.17, 15) is 14.0 Å². The quantitative estimate of drug-likeness (QED) is 0.890. The molecular formula is C15H20FN3O2. The lowest BCUT2D eigenvalue weighted by Gasteiger charge is -2.29. The van der Waals surface area contributed by atoms with Gasteiger partial charge in [0.2, 0.25) is 5.91 Å². The Morgan fingerprint density at radius 1 is 1.33 bits per heavy atom. The number of benzene rings is 1. The van der Waals surface area contributed by atoms with E-state index in [0.29, 0.717) is 18.7 Å². The monoisotopic (exact) mass is 293 g/mol. The summed E-state index contributed by atoms with van der Waals surface area (Å²) in [7, 11) is 1.56. The van der Waals surface area contributed by atoms with Crippen molar-refractivity contribution in [1.29, 1.82) is 0 Å². The van der Waals surface area contributed by atoms with Crippen LogP contribution in [0.15, 0.2) is 18.2 Å². The largest absolute Gasteiger partial charge is 0.339 e. The summed E-state index contributed by atoms with van der Waals surface area (Å²) in [6, 6.07) is 4.35. The third kappa shape index (κ3) is 3.78. The molecule has 2 amide bonds. The van der Waals surface area contributed by atoms with E-state index in [2.05, 4.69) is 5.32 Å². The fourth-order valence-corrected chi connectivity index (χ4v) is 2.24. The second-order valence-corrected chi connectivity index (χ2v) is 5.26. The van der Waals surface area contributed by atoms with Gasteiger partial charge in [-0.2, -0.15) is 0 Å². The number of carbonyl (C=O) groups is 2. The average molecular weight is 293 g/mol. The fourth-order valence-electron chi connectivity index (χ4n) is 2.24. The number of hydrogen-bond acceptors (Lipinski definition) is 3. The average Bonchev–Trinajstić information content (AvgIpc) is 2.50. The van der Waals surface area contributed by atoms with Gasteiger partial charge in [0, 0.05) is 38.8 Å². The highest BCUT2D eigenvalue weighted by Crippen LogP contribution is 2.11. The number of aryl methyl sites for hydroxylation is 1. The number of carbonyl (C=O) groups excluding carboxylic acids is 2. The molecule has 1 aromatic rings. The number of piperazine rings is 1. The lowest BCUT2D eigenvalue weighted by atomic mass is 10.1. The molecule has 21 heavy (non-hydrogen) atoms. The lowest BCUT2D eigenvalue weighted by molar-refractivity contribution is -0.132. The number of nitrogens with zero attached hydrogens (tertiary/aromatic N) is 2. The summed E-state index contributed by atoms with van der Waals surface area (Å²) < 4.78 is 13.5. The summed E-state index contributed by atoms with van der Waals surface area (Å²) in [5, 5.41) is 3.17. The maximum absolute atomic E-state index is 13.5. The molecule has 1 saturated heterocycles. The molecule has 6 heteroatoms. The van der Waals surface area contributed by atoms with Crippen LogP contribution in [0.1, 0.15) is 15.9 Å². The third-order valence-electron chi connectivity index (χ3n) is 3.61. The third-order valence-corrected chi connectivity index (χ3v) is 3.61. The van der Waals surface area contributed by atoms with E-state index in [-0.39, 0.29) is 23.9 Å². The van der Waals surface area contributed by atoms with E-state index in [1.165, 1.54) is 11.0 Å². The summed E-state index contributed by atoms with van der Waals surface area (Å²) in [5.74, 6) is -0.847. The predicted molar refractivity (Wildman–Crippen MR) is 77.5 cm³/mol. The zero-order valence-electron chi connectivity index (χ0n) is 12.4. The van der Waals surface area contributed by atoms with Crippen molar-refractivity contribution in [2.45, 2.75) is 6.92 Å². The molecule has 0 aromatic heterocycles. The lowest BCUT2D eigenvalue weighted by Crippen LogP contribution is -2.49. The second-order valence-electron chi connectivity index (χ2n) is 5.26. The van der Waals surface area contributed by atoms with Gasteiger partial charge in [0.1, 0.15) is 5.82 Å². The smallest absolute Gasteiger partial charge is 0.254 e. The van der Waals surface area contributed by atoms with E-state index in [4.69, 9.17) is 0 Å². The van der Waals surface area contributed by atoms with E-state index in [0.717, 1.165) is 13.1 Å². The standard InChI is InChI=1S/C15H20FN3O2/c1-11-3-4-12(9-13(11)16)15(21)18(2)10-14(20)19-7-5-17-6-8-19/h3-4,9,17H,5-8,10H2,1-2H3. The van der Waals surface area contributed by atoms with Crippen molar-refractivity contribution in [2.24, 2.45) is 0 Å². The van der Waals surface area contributed by atoms with Gasteiger partial charge in [-0.25, -0.2) is 4.39 Å². The summed E-state index contributed by atoms with van der Waals surface area (Å²) in [6.45, 7) is 4.49. The first-order valence-electron chi connectivity index (χ1n) is 6.99. The highest BCUT2D eigenvalue weighted by molar-refractivity contribution is 5.96. The fraction of sp³-hybridized carbons (Fsp3) is 0.467. The van der Waals surface area contributed by atoms with E-state index < -0.39 is 5.82 Å². The molecule has 1 fully saturated rings. The zero-order valence-corrected chi connectivity index (χ0v) is 12.4. The number of amides is 2. The first-order chi connectivity index (χ1) is 9.99. The van der Waals surface area contributed by atoms with Crippen LogP contribution in [0, 0.1) is 12.7 Å². The number of nitrogens with one attached hydrogen (secondary N) is 1. The van der Waals surface area contributed by atoms with E-state index in [1.54, 1.807) is 31.0 Å². The SMILES string of the molecule is Cc1ccc(C(=O)N(C)CC(=O)N2CCNCC2)cc1F. The molecular weight excluding hydrogens is 273 g/mol. The summed E-state index contributed by atoms with van der Waals surface area (Å²) in [4.78, 5) is 27.4. The molecule has 1 aliphatic rings. The molecule has 0 radical (unpaired) electrons. The molecule has 0 aliphatic carbocycles. The molecule has 1 aliphatic heterocycles. The minimum Gasteiger partial charge on any atom is -0.339 e. The van der Waals surface area contributed by atoms with Gasteiger partial charge in [-0.3, -0.25) is 9.59 Å². The van der Waals surface area contributed by atoms with Crippen LogP contribution in [0.3, 0.4) is 0 Å². The molecule has 0 saturated carbocycles. The summed E-state index contributed by atoms with van der Waals surface area (Å²) >= 11 is 0. The van der Waals surface area contributed by atoms with Crippen molar-refractivity contribution in [2.75, 3.05) is 39.8 Å². The highest BCUT2D eigenvalue weighted by Gasteiger charge is 2.21. The predicted octanol–water partition coefficient (Wildman–Crippen LogP) is 0.638. The highest BCUT2D eigenvalue weighted by atomic mass is 19.1. The minimum absolute atomic E-state index is 0.00826.